The molecule has 0 heterocycles. The van der Waals surface area contributed by atoms with Crippen molar-refractivity contribution in [2.24, 2.45) is 5.92 Å². The summed E-state index contributed by atoms with van der Waals surface area (Å²) in [6.45, 7) is 5.35. The lowest BCUT2D eigenvalue weighted by Gasteiger charge is -2.13. The standard InChI is InChI=1S/C16H24N2O4/c1-12(2)8-10-22-14-6-4-3-5-13(14)11-18-16(21)17-9-7-15(19)20/h3-6,12H,7-11H2,1-2H3,(H,19,20)(H2,17,18,21). The normalized spacial score (nSPS) is 10.3. The predicted octanol–water partition coefficient (Wildman–Crippen LogP) is 2.39. The van der Waals surface area contributed by atoms with Gasteiger partial charge in [-0.15, -0.1) is 0 Å². The first-order valence-corrected chi connectivity index (χ1v) is 7.43. The van der Waals surface area contributed by atoms with Crippen LogP contribution < -0.4 is 15.4 Å². The molecule has 0 aromatic heterocycles. The summed E-state index contributed by atoms with van der Waals surface area (Å²) in [6.07, 6.45) is 0.875. The smallest absolute Gasteiger partial charge is 0.315 e. The van der Waals surface area contributed by atoms with Crippen LogP contribution in [0.2, 0.25) is 0 Å². The van der Waals surface area contributed by atoms with Gasteiger partial charge in [-0.25, -0.2) is 4.79 Å². The van der Waals surface area contributed by atoms with Crippen LogP contribution in [0.15, 0.2) is 24.3 Å². The van der Waals surface area contributed by atoms with Gasteiger partial charge in [0.1, 0.15) is 5.75 Å². The fourth-order valence-electron chi connectivity index (χ4n) is 1.72. The highest BCUT2D eigenvalue weighted by atomic mass is 16.5. The van der Waals surface area contributed by atoms with Crippen LogP contribution in [0.5, 0.6) is 5.75 Å². The Morgan fingerprint density at radius 2 is 1.95 bits per heavy atom. The zero-order valence-electron chi connectivity index (χ0n) is 13.1. The highest BCUT2D eigenvalue weighted by Crippen LogP contribution is 2.18. The molecule has 122 valence electrons. The van der Waals surface area contributed by atoms with Gasteiger partial charge in [-0.1, -0.05) is 32.0 Å². The van der Waals surface area contributed by atoms with Crippen LogP contribution in [-0.4, -0.2) is 30.3 Å². The van der Waals surface area contributed by atoms with E-state index < -0.39 is 12.0 Å². The number of hydrogen-bond acceptors (Lipinski definition) is 3. The predicted molar refractivity (Wildman–Crippen MR) is 83.9 cm³/mol. The summed E-state index contributed by atoms with van der Waals surface area (Å²) in [5.74, 6) is 0.392. The number of nitrogens with one attached hydrogen (secondary N) is 2. The first kappa shape index (κ1) is 17.8. The summed E-state index contributed by atoms with van der Waals surface area (Å²) in [5.41, 5.74) is 0.889. The van der Waals surface area contributed by atoms with E-state index in [2.05, 4.69) is 24.5 Å². The van der Waals surface area contributed by atoms with Gasteiger partial charge in [0, 0.05) is 18.7 Å². The number of ether oxygens (including phenoxy) is 1. The van der Waals surface area contributed by atoms with Gasteiger partial charge >= 0.3 is 12.0 Å². The molecule has 0 spiro atoms. The summed E-state index contributed by atoms with van der Waals surface area (Å²) in [7, 11) is 0. The minimum Gasteiger partial charge on any atom is -0.493 e. The van der Waals surface area contributed by atoms with Crippen molar-refractivity contribution in [1.82, 2.24) is 10.6 Å². The summed E-state index contributed by atoms with van der Waals surface area (Å²) in [5, 5.41) is 13.7. The minimum atomic E-state index is -0.941. The second kappa shape index (κ2) is 9.65. The summed E-state index contributed by atoms with van der Waals surface area (Å²) in [6, 6.07) is 7.15. The largest absolute Gasteiger partial charge is 0.493 e. The lowest BCUT2D eigenvalue weighted by Crippen LogP contribution is -2.36. The van der Waals surface area contributed by atoms with Crippen molar-refractivity contribution in [2.75, 3.05) is 13.2 Å². The van der Waals surface area contributed by atoms with Crippen LogP contribution in [0.25, 0.3) is 0 Å². The Balaban J connectivity index is 2.41. The number of amides is 2. The van der Waals surface area contributed by atoms with Crippen LogP contribution in [0.3, 0.4) is 0 Å². The fourth-order valence-corrected chi connectivity index (χ4v) is 1.72. The summed E-state index contributed by atoms with van der Waals surface area (Å²) in [4.78, 5) is 21.9. The molecule has 1 aromatic rings. The SMILES string of the molecule is CC(C)CCOc1ccccc1CNC(=O)NCCC(=O)O. The zero-order chi connectivity index (χ0) is 16.4. The molecular formula is C16H24N2O4. The van der Waals surface area contributed by atoms with Crippen LogP contribution >= 0.6 is 0 Å². The van der Waals surface area contributed by atoms with Gasteiger partial charge in [0.05, 0.1) is 13.0 Å². The molecule has 0 atom stereocenters. The molecule has 1 rings (SSSR count). The van der Waals surface area contributed by atoms with Crippen LogP contribution in [-0.2, 0) is 11.3 Å². The molecule has 0 saturated carbocycles. The third-order valence-corrected chi connectivity index (χ3v) is 2.99. The van der Waals surface area contributed by atoms with Crippen molar-refractivity contribution in [1.29, 1.82) is 0 Å². The molecule has 6 nitrogen and oxygen atoms in total. The lowest BCUT2D eigenvalue weighted by molar-refractivity contribution is -0.136. The highest BCUT2D eigenvalue weighted by molar-refractivity contribution is 5.75. The van der Waals surface area contributed by atoms with E-state index in [4.69, 9.17) is 9.84 Å². The minimum absolute atomic E-state index is 0.0949. The lowest BCUT2D eigenvalue weighted by atomic mass is 10.1. The van der Waals surface area contributed by atoms with Crippen LogP contribution in [0, 0.1) is 5.92 Å². The molecule has 0 aliphatic heterocycles. The maximum Gasteiger partial charge on any atom is 0.315 e. The average Bonchev–Trinajstić information content (AvgIpc) is 2.45. The van der Waals surface area contributed by atoms with Gasteiger partial charge in [0.2, 0.25) is 0 Å². The molecule has 0 unspecified atom stereocenters. The Kier molecular flexibility index (Phi) is 7.81. The van der Waals surface area contributed by atoms with Crippen molar-refractivity contribution in [2.45, 2.75) is 33.2 Å². The molecule has 6 heteroatoms. The molecule has 3 N–H and O–H groups in total. The quantitative estimate of drug-likeness (QED) is 0.653. The zero-order valence-corrected chi connectivity index (χ0v) is 13.1. The van der Waals surface area contributed by atoms with E-state index in [0.29, 0.717) is 19.1 Å². The molecule has 0 aliphatic carbocycles. The molecule has 0 bridgehead atoms. The van der Waals surface area contributed by atoms with Gasteiger partial charge in [0.25, 0.3) is 0 Å². The number of benzene rings is 1. The second-order valence-corrected chi connectivity index (χ2v) is 5.39. The van der Waals surface area contributed by atoms with Gasteiger partial charge in [-0.2, -0.15) is 0 Å². The van der Waals surface area contributed by atoms with Crippen molar-refractivity contribution < 1.29 is 19.4 Å². The van der Waals surface area contributed by atoms with Crippen LogP contribution in [0.4, 0.5) is 4.79 Å². The number of urea groups is 1. The average molecular weight is 308 g/mol. The number of hydrogen-bond donors (Lipinski definition) is 3. The number of carbonyl (C=O) groups excluding carboxylic acids is 1. The van der Waals surface area contributed by atoms with Crippen molar-refractivity contribution in [3.8, 4) is 5.75 Å². The van der Waals surface area contributed by atoms with Crippen molar-refractivity contribution >= 4 is 12.0 Å². The Hall–Kier alpha value is -2.24. The Bertz CT molecular complexity index is 489. The Labute approximate surface area is 130 Å². The van der Waals surface area contributed by atoms with E-state index in [1.54, 1.807) is 0 Å². The van der Waals surface area contributed by atoms with Crippen molar-refractivity contribution in [3.05, 3.63) is 29.8 Å². The van der Waals surface area contributed by atoms with Gasteiger partial charge in [0.15, 0.2) is 0 Å². The molecule has 0 radical (unpaired) electrons. The highest BCUT2D eigenvalue weighted by Gasteiger charge is 2.06. The van der Waals surface area contributed by atoms with E-state index in [-0.39, 0.29) is 13.0 Å². The Morgan fingerprint density at radius 1 is 1.23 bits per heavy atom. The summed E-state index contributed by atoms with van der Waals surface area (Å²) < 4.78 is 5.74. The molecule has 22 heavy (non-hydrogen) atoms. The number of aliphatic carboxylic acids is 1. The maximum absolute atomic E-state index is 11.6. The second-order valence-electron chi connectivity index (χ2n) is 5.39. The number of carboxylic acids is 1. The van der Waals surface area contributed by atoms with E-state index in [9.17, 15) is 9.59 Å². The third kappa shape index (κ3) is 7.52. The number of carbonyl (C=O) groups is 2. The molecule has 0 aliphatic rings. The number of carboxylic acid groups (broad SMARTS) is 1. The van der Waals surface area contributed by atoms with E-state index >= 15 is 0 Å². The molecule has 1 aromatic carbocycles. The molecule has 0 saturated heterocycles. The monoisotopic (exact) mass is 308 g/mol. The topological polar surface area (TPSA) is 87.7 Å². The van der Waals surface area contributed by atoms with Gasteiger partial charge in [-0.3, -0.25) is 4.79 Å². The molecule has 2 amide bonds. The van der Waals surface area contributed by atoms with E-state index in [1.165, 1.54) is 0 Å². The molecular weight excluding hydrogens is 284 g/mol. The first-order valence-electron chi connectivity index (χ1n) is 7.43. The third-order valence-electron chi connectivity index (χ3n) is 2.99. The summed E-state index contributed by atoms with van der Waals surface area (Å²) >= 11 is 0. The van der Waals surface area contributed by atoms with E-state index in [0.717, 1.165) is 17.7 Å². The number of rotatable bonds is 9. The van der Waals surface area contributed by atoms with Crippen molar-refractivity contribution in [3.63, 3.8) is 0 Å². The van der Waals surface area contributed by atoms with Gasteiger partial charge < -0.3 is 20.5 Å². The van der Waals surface area contributed by atoms with E-state index in [1.807, 2.05) is 24.3 Å². The first-order chi connectivity index (χ1) is 10.5. The van der Waals surface area contributed by atoms with Crippen LogP contribution in [0.1, 0.15) is 32.3 Å². The number of para-hydroxylation sites is 1. The fraction of sp³-hybridized carbons (Fsp3) is 0.500. The van der Waals surface area contributed by atoms with Gasteiger partial charge in [-0.05, 0) is 18.4 Å². The molecule has 0 fully saturated rings. The maximum atomic E-state index is 11.6. The Morgan fingerprint density at radius 3 is 2.64 bits per heavy atom.